The van der Waals surface area contributed by atoms with Crippen molar-refractivity contribution in [1.29, 1.82) is 0 Å². The number of aliphatic hydroxyl groups is 8. The van der Waals surface area contributed by atoms with E-state index in [1.807, 2.05) is 0 Å². The summed E-state index contributed by atoms with van der Waals surface area (Å²) >= 11 is 0. The van der Waals surface area contributed by atoms with E-state index in [2.05, 4.69) is 36.7 Å². The third-order valence-electron chi connectivity index (χ3n) is 14.6. The predicted octanol–water partition coefficient (Wildman–Crippen LogP) is -2.70. The van der Waals surface area contributed by atoms with E-state index in [9.17, 15) is 79.5 Å². The van der Waals surface area contributed by atoms with Gasteiger partial charge in [0.2, 0.25) is 41.4 Å². The maximum absolute atomic E-state index is 14.3. The number of hydrogen-bond donors (Lipinski definition) is 15. The number of β-amino-alcohol motifs (C(OH)–C–C–N with tert-alkyl or cyclic N) is 1. The van der Waals surface area contributed by atoms with E-state index in [0.717, 1.165) is 85.6 Å². The first-order valence-corrected chi connectivity index (χ1v) is 26.9. The molecular weight excluding hydrogens is 1020 g/mol. The normalized spacial score (nSPS) is 24.5. The van der Waals surface area contributed by atoms with E-state index in [-0.39, 0.29) is 43.7 Å². The van der Waals surface area contributed by atoms with Gasteiger partial charge >= 0.3 is 0 Å². The molecule has 3 heterocycles. The number of nitrogens with two attached hydrogens (primary N) is 2. The number of nitrogens with one attached hydrogen (secondary N) is 3. The number of nitrogens with zero attached hydrogens (tertiary/aromatic N) is 3. The number of carbonyl (C=O) groups is 8. The zero-order chi connectivity index (χ0) is 58.7. The quantitative estimate of drug-likeness (QED) is 0.0380. The zero-order valence-electron chi connectivity index (χ0n) is 45.3. The summed E-state index contributed by atoms with van der Waals surface area (Å²) in [6.45, 7) is 7.97. The summed E-state index contributed by atoms with van der Waals surface area (Å²) in [6.07, 6.45) is -6.37. The molecule has 1 aromatic carbocycles. The van der Waals surface area contributed by atoms with Gasteiger partial charge in [-0.15, -0.1) is 0 Å². The molecule has 6 unspecified atom stereocenters. The standard InChI is InChI=1S/C50H82N8O16.C2H4O2/c1-5-26(2)22-27(3)12-10-8-6-7-9-11-13-37(65)58-33(24-36(64)48(58)72)46(70)53-38(28(4)59)49(73)57-25-31(61)23-32(57)45(69)55-40(43(67)42(66)29-14-16-30(60)17-15-29)47(71)54-39(34(62)18-20-51)50(74)56-21-19-35(63)41(56)44(52)68;1-2(3)4/h14-17,26-28,31-36,38-43,48,59-64,66-67,72H,5-13,18-25,51H2,1-4H3,(H2,52,68)(H,53,70)(H,54,71)(H,55,69);1H3,(H,3,4)/t26?,27?,28-,31?,32?,33+,34+,35+,36+,38+,39+,40?,41+,42?,43+,48+;/m1./s1. The molecule has 0 aromatic heterocycles. The number of carbonyl (C=O) groups excluding carboxylic acids is 7. The number of phenolic OH excluding ortho intramolecular Hbond substituents is 1. The Morgan fingerprint density at radius 2 is 1.28 bits per heavy atom. The number of carboxylic acids is 1. The van der Waals surface area contributed by atoms with Crippen LogP contribution in [0.4, 0.5) is 0 Å². The first-order chi connectivity index (χ1) is 36.7. The van der Waals surface area contributed by atoms with Gasteiger partial charge in [-0.05, 0) is 68.7 Å². The van der Waals surface area contributed by atoms with Crippen molar-refractivity contribution in [3.63, 3.8) is 0 Å². The summed E-state index contributed by atoms with van der Waals surface area (Å²) < 4.78 is 0. The maximum atomic E-state index is 14.3. The van der Waals surface area contributed by atoms with E-state index in [4.69, 9.17) is 21.4 Å². The van der Waals surface area contributed by atoms with Gasteiger partial charge in [0.05, 0.1) is 24.4 Å². The first-order valence-electron chi connectivity index (χ1n) is 26.9. The van der Waals surface area contributed by atoms with Crippen molar-refractivity contribution in [2.45, 2.75) is 210 Å². The van der Waals surface area contributed by atoms with Crippen molar-refractivity contribution in [2.75, 3.05) is 19.6 Å². The SMILES string of the molecule is CC(=O)O.CCC(C)CC(C)CCCCCCCCC(=O)N1[C@H](C(=O)N[C@H](C(=O)N2CC(O)CC2C(=O)NC(C(=O)N[C@H](C(=O)N2CC[C@H](O)[C@H]2C(N)=O)[C@@H](O)CCN)[C@H](O)C(O)c2ccc(O)cc2)[C@@H](C)O)C[C@H](O)[C@@H]1O. The summed E-state index contributed by atoms with van der Waals surface area (Å²) in [7, 11) is 0. The number of carboxylic acid groups (broad SMARTS) is 1. The second kappa shape index (κ2) is 31.9. The molecule has 0 aliphatic carbocycles. The van der Waals surface area contributed by atoms with Crippen LogP contribution in [0.1, 0.15) is 136 Å². The molecule has 78 heavy (non-hydrogen) atoms. The first kappa shape index (κ1) is 66.7. The lowest BCUT2D eigenvalue weighted by Crippen LogP contribution is -2.64. The molecule has 0 spiro atoms. The Kier molecular flexibility index (Phi) is 27.3. The van der Waals surface area contributed by atoms with E-state index in [1.54, 1.807) is 0 Å². The molecule has 0 radical (unpaired) electrons. The largest absolute Gasteiger partial charge is 0.508 e. The Labute approximate surface area is 454 Å². The van der Waals surface area contributed by atoms with E-state index in [1.165, 1.54) is 18.6 Å². The van der Waals surface area contributed by atoms with Crippen molar-refractivity contribution in [1.82, 2.24) is 30.7 Å². The predicted molar refractivity (Wildman–Crippen MR) is 278 cm³/mol. The number of primary amides is 1. The number of aliphatic carboxylic acids is 1. The van der Waals surface area contributed by atoms with E-state index < -0.39 is 152 Å². The molecule has 0 saturated carbocycles. The summed E-state index contributed by atoms with van der Waals surface area (Å²) in [5.74, 6) is -7.26. The van der Waals surface area contributed by atoms with Gasteiger partial charge in [0.25, 0.3) is 5.97 Å². The minimum Gasteiger partial charge on any atom is -0.508 e. The Hall–Kier alpha value is -5.58. The van der Waals surface area contributed by atoms with Gasteiger partial charge < -0.3 is 93.2 Å². The minimum absolute atomic E-state index is 0.0377. The highest BCUT2D eigenvalue weighted by atomic mass is 16.4. The Morgan fingerprint density at radius 3 is 1.86 bits per heavy atom. The summed E-state index contributed by atoms with van der Waals surface area (Å²) in [6, 6.07) is -6.05. The van der Waals surface area contributed by atoms with Crippen molar-refractivity contribution < 1.29 is 89.4 Å². The van der Waals surface area contributed by atoms with Gasteiger partial charge in [0.1, 0.15) is 60.3 Å². The lowest BCUT2D eigenvalue weighted by molar-refractivity contribution is -0.151. The number of rotatable bonds is 28. The van der Waals surface area contributed by atoms with Crippen LogP contribution in [0, 0.1) is 11.8 Å². The van der Waals surface area contributed by atoms with Gasteiger partial charge in [-0.3, -0.25) is 38.4 Å². The Morgan fingerprint density at radius 1 is 0.718 bits per heavy atom. The van der Waals surface area contributed by atoms with Gasteiger partial charge in [-0.2, -0.15) is 0 Å². The molecule has 7 amide bonds. The number of phenols is 1. The summed E-state index contributed by atoms with van der Waals surface area (Å²) in [5, 5.41) is 112. The second-order valence-corrected chi connectivity index (χ2v) is 21.1. The Balaban J connectivity index is 0.00000386. The second-order valence-electron chi connectivity index (χ2n) is 21.1. The summed E-state index contributed by atoms with van der Waals surface area (Å²) in [4.78, 5) is 108. The van der Waals surface area contributed by atoms with Gasteiger partial charge in [0.15, 0.2) is 6.23 Å². The molecule has 442 valence electrons. The molecule has 26 heteroatoms. The molecule has 26 nitrogen and oxygen atoms in total. The molecule has 3 aliphatic heterocycles. The molecule has 1 aromatic rings. The number of aliphatic hydroxyl groups excluding tert-OH is 8. The van der Waals surface area contributed by atoms with Crippen molar-refractivity contribution in [2.24, 2.45) is 23.3 Å². The van der Waals surface area contributed by atoms with E-state index >= 15 is 0 Å². The van der Waals surface area contributed by atoms with Crippen LogP contribution in [-0.2, 0) is 38.4 Å². The molecule has 0 bridgehead atoms. The van der Waals surface area contributed by atoms with Crippen LogP contribution in [0.3, 0.4) is 0 Å². The van der Waals surface area contributed by atoms with Crippen molar-refractivity contribution in [3.8, 4) is 5.75 Å². The van der Waals surface area contributed by atoms with E-state index in [0.29, 0.717) is 18.3 Å². The highest BCUT2D eigenvalue weighted by Gasteiger charge is 2.50. The Bertz CT molecular complexity index is 2140. The topological polar surface area (TPSA) is 437 Å². The lowest BCUT2D eigenvalue weighted by Gasteiger charge is -2.34. The van der Waals surface area contributed by atoms with Crippen LogP contribution in [0.25, 0.3) is 0 Å². The van der Waals surface area contributed by atoms with Gasteiger partial charge in [-0.1, -0.05) is 77.8 Å². The highest BCUT2D eigenvalue weighted by Crippen LogP contribution is 2.29. The molecule has 17 N–H and O–H groups in total. The van der Waals surface area contributed by atoms with Crippen LogP contribution in [0.5, 0.6) is 5.75 Å². The fourth-order valence-electron chi connectivity index (χ4n) is 10.1. The fourth-order valence-corrected chi connectivity index (χ4v) is 10.1. The lowest BCUT2D eigenvalue weighted by atomic mass is 9.91. The molecule has 4 rings (SSSR count). The molecule has 3 aliphatic rings. The smallest absolute Gasteiger partial charge is 0.300 e. The average molecular weight is 1110 g/mol. The highest BCUT2D eigenvalue weighted by molar-refractivity contribution is 5.98. The number of amides is 7. The van der Waals surface area contributed by atoms with Crippen LogP contribution in [-0.4, -0.2) is 212 Å². The zero-order valence-corrected chi connectivity index (χ0v) is 45.3. The molecule has 16 atom stereocenters. The van der Waals surface area contributed by atoms with Gasteiger partial charge in [-0.25, -0.2) is 0 Å². The number of benzene rings is 1. The number of hydrogen-bond acceptors (Lipinski definition) is 18. The molecule has 3 fully saturated rings. The van der Waals surface area contributed by atoms with Crippen molar-refractivity contribution in [3.05, 3.63) is 29.8 Å². The fraction of sp³-hybridized carbons (Fsp3) is 0.731. The van der Waals surface area contributed by atoms with Crippen LogP contribution in [0.2, 0.25) is 0 Å². The van der Waals surface area contributed by atoms with Gasteiger partial charge in [0, 0.05) is 39.3 Å². The third kappa shape index (κ3) is 19.1. The number of aromatic hydroxyl groups is 1. The third-order valence-corrected chi connectivity index (χ3v) is 14.6. The average Bonchev–Trinajstić information content (AvgIpc) is 4.06. The molecule has 3 saturated heterocycles. The van der Waals surface area contributed by atoms with Crippen LogP contribution >= 0.6 is 0 Å². The number of likely N-dealkylation sites (tertiary alicyclic amines) is 3. The van der Waals surface area contributed by atoms with Crippen LogP contribution < -0.4 is 27.4 Å². The maximum Gasteiger partial charge on any atom is 0.300 e. The molecular formula is C52H86N8O18. The van der Waals surface area contributed by atoms with Crippen LogP contribution in [0.15, 0.2) is 24.3 Å². The monoisotopic (exact) mass is 1110 g/mol. The minimum atomic E-state index is -2.29. The number of unbranched alkanes of at least 4 members (excludes halogenated alkanes) is 5. The van der Waals surface area contributed by atoms with Crippen molar-refractivity contribution >= 4 is 47.3 Å². The summed E-state index contributed by atoms with van der Waals surface area (Å²) in [5.41, 5.74) is 11.0.